The summed E-state index contributed by atoms with van der Waals surface area (Å²) in [6.45, 7) is 1.96. The average molecular weight is 344 g/mol. The van der Waals surface area contributed by atoms with Crippen molar-refractivity contribution >= 4 is 39.2 Å². The Morgan fingerprint density at radius 2 is 1.81 bits per heavy atom. The summed E-state index contributed by atoms with van der Waals surface area (Å²) in [5, 5.41) is 5.21. The lowest BCUT2D eigenvalue weighted by Crippen LogP contribution is -2.31. The standard InChI is InChI=1S/C21H20N4O/c1-14-22-19-13-17(9-11-20(19)24(14)2)23-21(26)25(3)18-10-8-15-6-4-5-7-16(15)12-18/h4-13H,1-3H3,(H,23,26). The highest BCUT2D eigenvalue weighted by Gasteiger charge is 2.13. The van der Waals surface area contributed by atoms with Crippen molar-refractivity contribution in [1.82, 2.24) is 9.55 Å². The van der Waals surface area contributed by atoms with Crippen LogP contribution in [0.2, 0.25) is 0 Å². The van der Waals surface area contributed by atoms with Crippen LogP contribution in [0.1, 0.15) is 5.82 Å². The van der Waals surface area contributed by atoms with Gasteiger partial charge < -0.3 is 9.88 Å². The van der Waals surface area contributed by atoms with Crippen LogP contribution in [0.15, 0.2) is 60.7 Å². The molecule has 130 valence electrons. The third-order valence-corrected chi connectivity index (χ3v) is 4.78. The SMILES string of the molecule is Cc1nc2cc(NC(=O)N(C)c3ccc4ccccc4c3)ccc2n1C. The number of imidazole rings is 1. The molecule has 4 rings (SSSR count). The molecule has 3 aromatic carbocycles. The first-order valence-electron chi connectivity index (χ1n) is 8.49. The van der Waals surface area contributed by atoms with Gasteiger partial charge in [-0.3, -0.25) is 4.90 Å². The summed E-state index contributed by atoms with van der Waals surface area (Å²) in [7, 11) is 3.75. The lowest BCUT2D eigenvalue weighted by Gasteiger charge is -2.18. The zero-order valence-electron chi connectivity index (χ0n) is 15.0. The number of nitrogens with one attached hydrogen (secondary N) is 1. The van der Waals surface area contributed by atoms with E-state index in [9.17, 15) is 4.79 Å². The maximum Gasteiger partial charge on any atom is 0.326 e. The van der Waals surface area contributed by atoms with Gasteiger partial charge in [-0.2, -0.15) is 0 Å². The predicted molar refractivity (Wildman–Crippen MR) is 107 cm³/mol. The Morgan fingerprint density at radius 3 is 2.62 bits per heavy atom. The number of hydrogen-bond acceptors (Lipinski definition) is 2. The molecule has 5 heteroatoms. The van der Waals surface area contributed by atoms with Gasteiger partial charge in [0.15, 0.2) is 0 Å². The summed E-state index contributed by atoms with van der Waals surface area (Å²) in [6, 6.07) is 19.7. The van der Waals surface area contributed by atoms with Crippen LogP contribution in [0.4, 0.5) is 16.2 Å². The molecule has 0 fully saturated rings. The molecule has 1 N–H and O–H groups in total. The van der Waals surface area contributed by atoms with Gasteiger partial charge in [-0.05, 0) is 48.0 Å². The molecular weight excluding hydrogens is 324 g/mol. The highest BCUT2D eigenvalue weighted by atomic mass is 16.2. The number of anilines is 2. The van der Waals surface area contributed by atoms with Gasteiger partial charge in [-0.1, -0.05) is 30.3 Å². The number of amides is 2. The molecule has 0 bridgehead atoms. The minimum atomic E-state index is -0.188. The molecule has 0 aliphatic heterocycles. The lowest BCUT2D eigenvalue weighted by atomic mass is 10.1. The van der Waals surface area contributed by atoms with E-state index in [1.165, 1.54) is 0 Å². The van der Waals surface area contributed by atoms with E-state index >= 15 is 0 Å². The molecule has 0 saturated heterocycles. The maximum atomic E-state index is 12.6. The zero-order chi connectivity index (χ0) is 18.3. The summed E-state index contributed by atoms with van der Waals surface area (Å²) in [6.07, 6.45) is 0. The summed E-state index contributed by atoms with van der Waals surface area (Å²) in [5.74, 6) is 0.941. The van der Waals surface area contributed by atoms with E-state index in [4.69, 9.17) is 0 Å². The Labute approximate surface area is 151 Å². The van der Waals surface area contributed by atoms with Crippen LogP contribution in [-0.2, 0) is 7.05 Å². The van der Waals surface area contributed by atoms with Crippen LogP contribution in [0.5, 0.6) is 0 Å². The number of fused-ring (bicyclic) bond motifs is 2. The number of hydrogen-bond donors (Lipinski definition) is 1. The van der Waals surface area contributed by atoms with Gasteiger partial charge in [0.1, 0.15) is 5.82 Å². The van der Waals surface area contributed by atoms with Crippen LogP contribution < -0.4 is 10.2 Å². The number of carbonyl (C=O) groups excluding carboxylic acids is 1. The highest BCUT2D eigenvalue weighted by molar-refractivity contribution is 6.03. The van der Waals surface area contributed by atoms with Gasteiger partial charge in [0, 0.05) is 25.5 Å². The zero-order valence-corrected chi connectivity index (χ0v) is 15.0. The Morgan fingerprint density at radius 1 is 1.04 bits per heavy atom. The van der Waals surface area contributed by atoms with E-state index in [-0.39, 0.29) is 6.03 Å². The quantitative estimate of drug-likeness (QED) is 0.573. The van der Waals surface area contributed by atoms with Gasteiger partial charge in [0.05, 0.1) is 11.0 Å². The fourth-order valence-electron chi connectivity index (χ4n) is 3.11. The molecule has 0 spiro atoms. The molecule has 1 heterocycles. The molecule has 0 aliphatic rings. The monoisotopic (exact) mass is 344 g/mol. The second-order valence-corrected chi connectivity index (χ2v) is 6.44. The van der Waals surface area contributed by atoms with E-state index in [1.807, 2.05) is 73.1 Å². The van der Waals surface area contributed by atoms with Gasteiger partial charge in [-0.15, -0.1) is 0 Å². The van der Waals surface area contributed by atoms with Crippen molar-refractivity contribution in [3.63, 3.8) is 0 Å². The number of nitrogens with zero attached hydrogens (tertiary/aromatic N) is 3. The topological polar surface area (TPSA) is 50.2 Å². The fraction of sp³-hybridized carbons (Fsp3) is 0.143. The number of aromatic nitrogens is 2. The molecule has 4 aromatic rings. The number of urea groups is 1. The first kappa shape index (κ1) is 16.1. The van der Waals surface area contributed by atoms with Crippen LogP contribution in [0.25, 0.3) is 21.8 Å². The second-order valence-electron chi connectivity index (χ2n) is 6.44. The summed E-state index contributed by atoms with van der Waals surface area (Å²) < 4.78 is 2.03. The smallest absolute Gasteiger partial charge is 0.326 e. The van der Waals surface area contributed by atoms with Crippen molar-refractivity contribution in [3.05, 3.63) is 66.5 Å². The van der Waals surface area contributed by atoms with Crippen molar-refractivity contribution in [3.8, 4) is 0 Å². The Kier molecular flexibility index (Phi) is 3.84. The molecule has 0 radical (unpaired) electrons. The van der Waals surface area contributed by atoms with E-state index in [0.717, 1.165) is 39.0 Å². The molecule has 1 aromatic heterocycles. The van der Waals surface area contributed by atoms with Crippen LogP contribution in [0, 0.1) is 6.92 Å². The molecule has 0 aliphatic carbocycles. The average Bonchev–Trinajstić information content (AvgIpc) is 2.94. The van der Waals surface area contributed by atoms with Gasteiger partial charge in [-0.25, -0.2) is 9.78 Å². The third kappa shape index (κ3) is 2.77. The van der Waals surface area contributed by atoms with Gasteiger partial charge >= 0.3 is 6.03 Å². The molecule has 26 heavy (non-hydrogen) atoms. The third-order valence-electron chi connectivity index (χ3n) is 4.78. The number of aryl methyl sites for hydroxylation is 2. The maximum absolute atomic E-state index is 12.6. The molecule has 0 saturated carbocycles. The normalized spacial score (nSPS) is 11.0. The molecule has 0 unspecified atom stereocenters. The second kappa shape index (κ2) is 6.19. The van der Waals surface area contributed by atoms with Crippen molar-refractivity contribution in [1.29, 1.82) is 0 Å². The summed E-state index contributed by atoms with van der Waals surface area (Å²) in [4.78, 5) is 18.8. The molecular formula is C21H20N4O. The molecule has 2 amide bonds. The number of rotatable bonds is 2. The summed E-state index contributed by atoms with van der Waals surface area (Å²) in [5.41, 5.74) is 3.49. The number of benzene rings is 3. The highest BCUT2D eigenvalue weighted by Crippen LogP contribution is 2.23. The van der Waals surface area contributed by atoms with E-state index < -0.39 is 0 Å². The van der Waals surface area contributed by atoms with Crippen LogP contribution >= 0.6 is 0 Å². The Bertz CT molecular complexity index is 1130. The van der Waals surface area contributed by atoms with Crippen LogP contribution in [0.3, 0.4) is 0 Å². The minimum absolute atomic E-state index is 0.188. The van der Waals surface area contributed by atoms with E-state index in [1.54, 1.807) is 11.9 Å². The van der Waals surface area contributed by atoms with E-state index in [2.05, 4.69) is 16.4 Å². The number of carbonyl (C=O) groups is 1. The first-order valence-corrected chi connectivity index (χ1v) is 8.49. The fourth-order valence-corrected chi connectivity index (χ4v) is 3.11. The molecule has 5 nitrogen and oxygen atoms in total. The summed E-state index contributed by atoms with van der Waals surface area (Å²) >= 11 is 0. The molecule has 0 atom stereocenters. The van der Waals surface area contributed by atoms with Gasteiger partial charge in [0.2, 0.25) is 0 Å². The van der Waals surface area contributed by atoms with Crippen LogP contribution in [-0.4, -0.2) is 22.6 Å². The van der Waals surface area contributed by atoms with Crippen molar-refractivity contribution in [2.24, 2.45) is 7.05 Å². The lowest BCUT2D eigenvalue weighted by molar-refractivity contribution is 0.258. The first-order chi connectivity index (χ1) is 12.5. The Hall–Kier alpha value is -3.34. The predicted octanol–water partition coefficient (Wildman–Crippen LogP) is 4.70. The van der Waals surface area contributed by atoms with Crippen molar-refractivity contribution in [2.45, 2.75) is 6.92 Å². The minimum Gasteiger partial charge on any atom is -0.331 e. The largest absolute Gasteiger partial charge is 0.331 e. The van der Waals surface area contributed by atoms with Gasteiger partial charge in [0.25, 0.3) is 0 Å². The van der Waals surface area contributed by atoms with Crippen molar-refractivity contribution in [2.75, 3.05) is 17.3 Å². The Balaban J connectivity index is 1.58. The van der Waals surface area contributed by atoms with Crippen molar-refractivity contribution < 1.29 is 4.79 Å². The van der Waals surface area contributed by atoms with E-state index in [0.29, 0.717) is 0 Å².